The molecule has 0 saturated heterocycles. The van der Waals surface area contributed by atoms with Crippen molar-refractivity contribution in [1.82, 2.24) is 10.2 Å². The lowest BCUT2D eigenvalue weighted by molar-refractivity contribution is 0.153. The van der Waals surface area contributed by atoms with Crippen molar-refractivity contribution < 1.29 is 4.79 Å². The SMILES string of the molecule is CCN(C(=O)N/C=C/c1ccc(Br)cc1)C(C)(C)C. The van der Waals surface area contributed by atoms with Crippen LogP contribution in [0.1, 0.15) is 33.3 Å². The molecule has 4 heteroatoms. The molecule has 0 radical (unpaired) electrons. The predicted molar refractivity (Wildman–Crippen MR) is 83.8 cm³/mol. The van der Waals surface area contributed by atoms with Gasteiger partial charge in [0.05, 0.1) is 0 Å². The monoisotopic (exact) mass is 324 g/mol. The molecular formula is C15H21BrN2O. The Labute approximate surface area is 123 Å². The molecule has 3 nitrogen and oxygen atoms in total. The maximum atomic E-state index is 12.0. The first-order valence-electron chi connectivity index (χ1n) is 6.35. The molecule has 0 aliphatic rings. The standard InChI is InChI=1S/C15H21BrN2O/c1-5-18(15(2,3)4)14(19)17-11-10-12-6-8-13(16)9-7-12/h6-11H,5H2,1-4H3,(H,17,19)/b11-10+. The molecule has 0 atom stereocenters. The van der Waals surface area contributed by atoms with E-state index in [1.807, 2.05) is 58.0 Å². The minimum Gasteiger partial charge on any atom is -0.320 e. The van der Waals surface area contributed by atoms with Crippen LogP contribution in [0.4, 0.5) is 4.79 Å². The van der Waals surface area contributed by atoms with Gasteiger partial charge in [0.1, 0.15) is 0 Å². The molecule has 2 amide bonds. The molecule has 1 N–H and O–H groups in total. The number of benzene rings is 1. The first-order chi connectivity index (χ1) is 8.84. The van der Waals surface area contributed by atoms with Gasteiger partial charge in [-0.05, 0) is 51.5 Å². The van der Waals surface area contributed by atoms with Gasteiger partial charge in [-0.25, -0.2) is 4.79 Å². The summed E-state index contributed by atoms with van der Waals surface area (Å²) in [5, 5.41) is 2.80. The number of carbonyl (C=O) groups is 1. The van der Waals surface area contributed by atoms with Gasteiger partial charge in [0.2, 0.25) is 0 Å². The van der Waals surface area contributed by atoms with Gasteiger partial charge < -0.3 is 10.2 Å². The molecule has 0 saturated carbocycles. The van der Waals surface area contributed by atoms with Crippen molar-refractivity contribution in [2.75, 3.05) is 6.54 Å². The Balaban J connectivity index is 2.61. The van der Waals surface area contributed by atoms with Crippen LogP contribution in [-0.4, -0.2) is 23.0 Å². The molecule has 0 bridgehead atoms. The normalized spacial score (nSPS) is 11.6. The van der Waals surface area contributed by atoms with E-state index in [0.29, 0.717) is 6.54 Å². The zero-order valence-electron chi connectivity index (χ0n) is 11.9. The van der Waals surface area contributed by atoms with Gasteiger partial charge in [0, 0.05) is 22.8 Å². The van der Waals surface area contributed by atoms with Crippen LogP contribution in [0.5, 0.6) is 0 Å². The number of urea groups is 1. The van der Waals surface area contributed by atoms with Gasteiger partial charge in [-0.15, -0.1) is 0 Å². The number of rotatable bonds is 3. The van der Waals surface area contributed by atoms with E-state index in [1.54, 1.807) is 11.1 Å². The van der Waals surface area contributed by atoms with E-state index in [1.165, 1.54) is 0 Å². The third-order valence-corrected chi connectivity index (χ3v) is 3.25. The number of amides is 2. The van der Waals surface area contributed by atoms with Gasteiger partial charge in [-0.1, -0.05) is 28.1 Å². The van der Waals surface area contributed by atoms with Crippen LogP contribution in [0.15, 0.2) is 34.9 Å². The molecule has 1 rings (SSSR count). The maximum Gasteiger partial charge on any atom is 0.321 e. The van der Waals surface area contributed by atoms with Gasteiger partial charge in [0.15, 0.2) is 0 Å². The van der Waals surface area contributed by atoms with Crippen molar-refractivity contribution in [2.45, 2.75) is 33.2 Å². The van der Waals surface area contributed by atoms with Crippen LogP contribution in [0.3, 0.4) is 0 Å². The molecule has 0 aliphatic carbocycles. The second-order valence-corrected chi connectivity index (χ2v) is 6.17. The molecule has 0 fully saturated rings. The zero-order chi connectivity index (χ0) is 14.5. The molecule has 0 heterocycles. The van der Waals surface area contributed by atoms with Crippen LogP contribution in [0.25, 0.3) is 6.08 Å². The Kier molecular flexibility index (Phi) is 5.60. The molecule has 0 aliphatic heterocycles. The van der Waals surface area contributed by atoms with Crippen LogP contribution < -0.4 is 5.32 Å². The van der Waals surface area contributed by atoms with E-state index in [2.05, 4.69) is 21.2 Å². The van der Waals surface area contributed by atoms with Gasteiger partial charge in [-0.2, -0.15) is 0 Å². The fraction of sp³-hybridized carbons (Fsp3) is 0.400. The van der Waals surface area contributed by atoms with Gasteiger partial charge >= 0.3 is 6.03 Å². The lowest BCUT2D eigenvalue weighted by atomic mass is 10.1. The summed E-state index contributed by atoms with van der Waals surface area (Å²) in [5.74, 6) is 0. The van der Waals surface area contributed by atoms with Crippen LogP contribution in [0.2, 0.25) is 0 Å². The second-order valence-electron chi connectivity index (χ2n) is 5.25. The van der Waals surface area contributed by atoms with Crippen molar-refractivity contribution in [1.29, 1.82) is 0 Å². The van der Waals surface area contributed by atoms with Crippen molar-refractivity contribution in [3.8, 4) is 0 Å². The van der Waals surface area contributed by atoms with Crippen molar-refractivity contribution in [3.05, 3.63) is 40.5 Å². The first kappa shape index (κ1) is 15.8. The number of carbonyl (C=O) groups excluding carboxylic acids is 1. The van der Waals surface area contributed by atoms with Gasteiger partial charge in [-0.3, -0.25) is 0 Å². The summed E-state index contributed by atoms with van der Waals surface area (Å²) >= 11 is 3.39. The second kappa shape index (κ2) is 6.75. The number of hydrogen-bond donors (Lipinski definition) is 1. The average Bonchev–Trinajstić information content (AvgIpc) is 2.30. The highest BCUT2D eigenvalue weighted by Gasteiger charge is 2.23. The summed E-state index contributed by atoms with van der Waals surface area (Å²) < 4.78 is 1.04. The molecule has 104 valence electrons. The van der Waals surface area contributed by atoms with E-state index < -0.39 is 0 Å². The Bertz CT molecular complexity index is 446. The minimum atomic E-state index is -0.176. The predicted octanol–water partition coefficient (Wildman–Crippen LogP) is 4.25. The third kappa shape index (κ3) is 5.07. The van der Waals surface area contributed by atoms with Crippen molar-refractivity contribution in [2.24, 2.45) is 0 Å². The quantitative estimate of drug-likeness (QED) is 0.885. The van der Waals surface area contributed by atoms with E-state index in [9.17, 15) is 4.79 Å². The summed E-state index contributed by atoms with van der Waals surface area (Å²) in [6, 6.07) is 7.81. The van der Waals surface area contributed by atoms with Crippen LogP contribution in [-0.2, 0) is 0 Å². The first-order valence-corrected chi connectivity index (χ1v) is 7.14. The van der Waals surface area contributed by atoms with Crippen molar-refractivity contribution in [3.63, 3.8) is 0 Å². The zero-order valence-corrected chi connectivity index (χ0v) is 13.5. The molecular weight excluding hydrogens is 304 g/mol. The van der Waals surface area contributed by atoms with Crippen LogP contribution >= 0.6 is 15.9 Å². The van der Waals surface area contributed by atoms with Crippen LogP contribution in [0, 0.1) is 0 Å². The van der Waals surface area contributed by atoms with E-state index >= 15 is 0 Å². The summed E-state index contributed by atoms with van der Waals surface area (Å²) in [6.07, 6.45) is 3.56. The molecule has 0 spiro atoms. The molecule has 0 aromatic heterocycles. The molecule has 19 heavy (non-hydrogen) atoms. The highest BCUT2D eigenvalue weighted by molar-refractivity contribution is 9.10. The summed E-state index contributed by atoms with van der Waals surface area (Å²) in [5.41, 5.74) is 0.867. The Morgan fingerprint density at radius 1 is 1.32 bits per heavy atom. The summed E-state index contributed by atoms with van der Waals surface area (Å²) in [7, 11) is 0. The Morgan fingerprint density at radius 2 is 1.89 bits per heavy atom. The number of nitrogens with one attached hydrogen (secondary N) is 1. The largest absolute Gasteiger partial charge is 0.321 e. The fourth-order valence-electron chi connectivity index (χ4n) is 1.78. The highest BCUT2D eigenvalue weighted by atomic mass is 79.9. The smallest absolute Gasteiger partial charge is 0.320 e. The maximum absolute atomic E-state index is 12.0. The molecule has 1 aromatic carbocycles. The average molecular weight is 325 g/mol. The number of halogens is 1. The topological polar surface area (TPSA) is 32.3 Å². The fourth-order valence-corrected chi connectivity index (χ4v) is 2.05. The summed E-state index contributed by atoms with van der Waals surface area (Å²) in [4.78, 5) is 13.8. The van der Waals surface area contributed by atoms with Gasteiger partial charge in [0.25, 0.3) is 0 Å². The summed E-state index contributed by atoms with van der Waals surface area (Å²) in [6.45, 7) is 8.72. The highest BCUT2D eigenvalue weighted by Crippen LogP contribution is 2.13. The lowest BCUT2D eigenvalue weighted by Gasteiger charge is -2.34. The number of hydrogen-bond acceptors (Lipinski definition) is 1. The molecule has 0 unspecified atom stereocenters. The number of nitrogens with zero attached hydrogens (tertiary/aromatic N) is 1. The minimum absolute atomic E-state index is 0.0802. The Morgan fingerprint density at radius 3 is 2.37 bits per heavy atom. The third-order valence-electron chi connectivity index (χ3n) is 2.72. The Hall–Kier alpha value is -1.29. The van der Waals surface area contributed by atoms with E-state index in [-0.39, 0.29) is 11.6 Å². The lowest BCUT2D eigenvalue weighted by Crippen LogP contribution is -2.48. The van der Waals surface area contributed by atoms with E-state index in [0.717, 1.165) is 10.0 Å². The van der Waals surface area contributed by atoms with Crippen molar-refractivity contribution >= 4 is 28.0 Å². The van der Waals surface area contributed by atoms with E-state index in [4.69, 9.17) is 0 Å². The molecule has 1 aromatic rings.